The van der Waals surface area contributed by atoms with Crippen molar-refractivity contribution in [2.24, 2.45) is 0 Å². The number of hydrogen-bond donors (Lipinski definition) is 1. The molecule has 0 bridgehead atoms. The van der Waals surface area contributed by atoms with Crippen LogP contribution in [0.15, 0.2) is 18.2 Å². The van der Waals surface area contributed by atoms with Crippen LogP contribution in [0.5, 0.6) is 0 Å². The van der Waals surface area contributed by atoms with Gasteiger partial charge in [-0.2, -0.15) is 11.8 Å². The molecule has 0 aliphatic rings. The fourth-order valence-electron chi connectivity index (χ4n) is 1.77. The van der Waals surface area contributed by atoms with E-state index in [1.54, 1.807) is 24.8 Å². The monoisotopic (exact) mass is 257 g/mol. The van der Waals surface area contributed by atoms with Crippen LogP contribution in [-0.4, -0.2) is 30.2 Å². The third-order valence-corrected chi connectivity index (χ3v) is 3.70. The van der Waals surface area contributed by atoms with Crippen molar-refractivity contribution in [1.29, 1.82) is 0 Å². The summed E-state index contributed by atoms with van der Waals surface area (Å²) in [6, 6.07) is 4.91. The number of halogens is 1. The highest BCUT2D eigenvalue weighted by molar-refractivity contribution is 7.98. The lowest BCUT2D eigenvalue weighted by Gasteiger charge is -2.29. The van der Waals surface area contributed by atoms with Gasteiger partial charge < -0.3 is 10.0 Å². The molecule has 0 amide bonds. The zero-order chi connectivity index (χ0) is 13.0. The van der Waals surface area contributed by atoms with Gasteiger partial charge in [-0.15, -0.1) is 0 Å². The van der Waals surface area contributed by atoms with Crippen LogP contribution in [0.2, 0.25) is 0 Å². The van der Waals surface area contributed by atoms with Gasteiger partial charge >= 0.3 is 0 Å². The van der Waals surface area contributed by atoms with Crippen molar-refractivity contribution in [3.8, 4) is 0 Å². The van der Waals surface area contributed by atoms with Gasteiger partial charge in [0.2, 0.25) is 0 Å². The first-order chi connectivity index (χ1) is 7.97. The Morgan fingerprint density at radius 2 is 2.06 bits per heavy atom. The fourth-order valence-corrected chi connectivity index (χ4v) is 2.48. The van der Waals surface area contributed by atoms with Gasteiger partial charge in [0, 0.05) is 30.1 Å². The molecule has 2 atom stereocenters. The zero-order valence-corrected chi connectivity index (χ0v) is 11.6. The summed E-state index contributed by atoms with van der Waals surface area (Å²) in [6.45, 7) is 3.77. The van der Waals surface area contributed by atoms with E-state index in [2.05, 4.69) is 18.1 Å². The second-order valence-electron chi connectivity index (χ2n) is 4.29. The van der Waals surface area contributed by atoms with E-state index in [9.17, 15) is 9.50 Å². The summed E-state index contributed by atoms with van der Waals surface area (Å²) in [4.78, 5) is 2.08. The molecular formula is C13H20FNOS. The molecule has 1 aromatic rings. The Balaban J connectivity index is 3.03. The molecule has 0 saturated heterocycles. The summed E-state index contributed by atoms with van der Waals surface area (Å²) in [7, 11) is 1.97. The maximum atomic E-state index is 13.2. The molecule has 1 N–H and O–H groups in total. The summed E-state index contributed by atoms with van der Waals surface area (Å²) in [5.74, 6) is 0.684. The molecule has 1 rings (SSSR count). The van der Waals surface area contributed by atoms with E-state index in [4.69, 9.17) is 0 Å². The number of anilines is 1. The van der Waals surface area contributed by atoms with Crippen molar-refractivity contribution in [3.05, 3.63) is 29.6 Å². The van der Waals surface area contributed by atoms with Crippen LogP contribution in [0.3, 0.4) is 0 Å². The molecule has 1 aromatic carbocycles. The standard InChI is InChI=1S/C13H20FNOS/c1-9(8-17-4)15(3)13-6-5-11(14)7-12(13)10(2)16/h5-7,9-10,16H,8H2,1-4H3/t9?,10-/m0/s1. The van der Waals surface area contributed by atoms with Crippen LogP contribution < -0.4 is 4.90 Å². The van der Waals surface area contributed by atoms with Crippen LogP contribution in [-0.2, 0) is 0 Å². The fraction of sp³-hybridized carbons (Fsp3) is 0.538. The molecule has 0 saturated carbocycles. The molecular weight excluding hydrogens is 237 g/mol. The van der Waals surface area contributed by atoms with Crippen LogP contribution in [0, 0.1) is 5.82 Å². The van der Waals surface area contributed by atoms with Crippen LogP contribution >= 0.6 is 11.8 Å². The molecule has 0 aliphatic carbocycles. The van der Waals surface area contributed by atoms with Crippen molar-refractivity contribution in [2.75, 3.05) is 24.0 Å². The van der Waals surface area contributed by atoms with E-state index >= 15 is 0 Å². The van der Waals surface area contributed by atoms with Crippen molar-refractivity contribution < 1.29 is 9.50 Å². The summed E-state index contributed by atoms with van der Waals surface area (Å²) in [6.07, 6.45) is 1.40. The molecule has 0 aromatic heterocycles. The molecule has 0 radical (unpaired) electrons. The predicted octanol–water partition coefficient (Wildman–Crippen LogP) is 3.07. The van der Waals surface area contributed by atoms with Gasteiger partial charge in [0.05, 0.1) is 6.10 Å². The Morgan fingerprint density at radius 3 is 2.59 bits per heavy atom. The van der Waals surface area contributed by atoms with E-state index in [1.807, 2.05) is 7.05 Å². The maximum Gasteiger partial charge on any atom is 0.123 e. The van der Waals surface area contributed by atoms with Crippen LogP contribution in [0.4, 0.5) is 10.1 Å². The maximum absolute atomic E-state index is 13.2. The van der Waals surface area contributed by atoms with Gasteiger partial charge in [0.15, 0.2) is 0 Å². The summed E-state index contributed by atoms with van der Waals surface area (Å²) >= 11 is 1.77. The normalized spacial score (nSPS) is 14.5. The predicted molar refractivity (Wildman–Crippen MR) is 73.3 cm³/mol. The number of aliphatic hydroxyl groups is 1. The largest absolute Gasteiger partial charge is 0.389 e. The lowest BCUT2D eigenvalue weighted by Crippen LogP contribution is -2.31. The summed E-state index contributed by atoms with van der Waals surface area (Å²) in [5, 5.41) is 9.69. The van der Waals surface area contributed by atoms with Crippen LogP contribution in [0.1, 0.15) is 25.5 Å². The minimum Gasteiger partial charge on any atom is -0.389 e. The quantitative estimate of drug-likeness (QED) is 0.877. The second kappa shape index (κ2) is 6.26. The third-order valence-electron chi connectivity index (χ3n) is 2.89. The van der Waals surface area contributed by atoms with E-state index in [0.29, 0.717) is 11.6 Å². The minimum absolute atomic E-state index is 0.310. The number of benzene rings is 1. The lowest BCUT2D eigenvalue weighted by atomic mass is 10.1. The minimum atomic E-state index is -0.662. The lowest BCUT2D eigenvalue weighted by molar-refractivity contribution is 0.199. The number of rotatable bonds is 5. The van der Waals surface area contributed by atoms with Crippen molar-refractivity contribution in [2.45, 2.75) is 26.0 Å². The van der Waals surface area contributed by atoms with E-state index in [1.165, 1.54) is 12.1 Å². The van der Waals surface area contributed by atoms with Gasteiger partial charge in [0.25, 0.3) is 0 Å². The Labute approximate surface area is 107 Å². The molecule has 17 heavy (non-hydrogen) atoms. The highest BCUT2D eigenvalue weighted by Crippen LogP contribution is 2.28. The van der Waals surface area contributed by atoms with Crippen LogP contribution in [0.25, 0.3) is 0 Å². The summed E-state index contributed by atoms with van der Waals surface area (Å²) < 4.78 is 13.2. The van der Waals surface area contributed by atoms with Gasteiger partial charge in [-0.3, -0.25) is 0 Å². The second-order valence-corrected chi connectivity index (χ2v) is 5.21. The molecule has 1 unspecified atom stereocenters. The first-order valence-electron chi connectivity index (χ1n) is 5.66. The first kappa shape index (κ1) is 14.3. The topological polar surface area (TPSA) is 23.5 Å². The Hall–Kier alpha value is -0.740. The zero-order valence-electron chi connectivity index (χ0n) is 10.8. The molecule has 0 aliphatic heterocycles. The third kappa shape index (κ3) is 3.61. The molecule has 0 spiro atoms. The van der Waals surface area contributed by atoms with Gasteiger partial charge in [0.1, 0.15) is 5.82 Å². The van der Waals surface area contributed by atoms with Crippen molar-refractivity contribution in [3.63, 3.8) is 0 Å². The van der Waals surface area contributed by atoms with Crippen molar-refractivity contribution in [1.82, 2.24) is 0 Å². The van der Waals surface area contributed by atoms with E-state index in [0.717, 1.165) is 11.4 Å². The molecule has 0 heterocycles. The highest BCUT2D eigenvalue weighted by Gasteiger charge is 2.16. The number of aliphatic hydroxyl groups excluding tert-OH is 1. The molecule has 96 valence electrons. The number of nitrogens with zero attached hydrogens (tertiary/aromatic N) is 1. The number of hydrogen-bond acceptors (Lipinski definition) is 3. The first-order valence-corrected chi connectivity index (χ1v) is 7.06. The van der Waals surface area contributed by atoms with Crippen molar-refractivity contribution >= 4 is 17.4 Å². The Morgan fingerprint density at radius 1 is 1.41 bits per heavy atom. The number of thioether (sulfide) groups is 1. The molecule has 2 nitrogen and oxygen atoms in total. The SMILES string of the molecule is CSCC(C)N(C)c1ccc(F)cc1[C@H](C)O. The average Bonchev–Trinajstić information content (AvgIpc) is 2.28. The Bertz CT molecular complexity index is 370. The van der Waals surface area contributed by atoms with Gasteiger partial charge in [-0.1, -0.05) is 0 Å². The smallest absolute Gasteiger partial charge is 0.123 e. The van der Waals surface area contributed by atoms with E-state index in [-0.39, 0.29) is 5.82 Å². The Kier molecular flexibility index (Phi) is 5.28. The molecule has 4 heteroatoms. The van der Waals surface area contributed by atoms with Gasteiger partial charge in [-0.25, -0.2) is 4.39 Å². The van der Waals surface area contributed by atoms with Gasteiger partial charge in [-0.05, 0) is 38.3 Å². The molecule has 0 fully saturated rings. The highest BCUT2D eigenvalue weighted by atomic mass is 32.2. The average molecular weight is 257 g/mol. The summed E-state index contributed by atoms with van der Waals surface area (Å²) in [5.41, 5.74) is 1.53. The van der Waals surface area contributed by atoms with E-state index < -0.39 is 6.10 Å².